The van der Waals surface area contributed by atoms with Crippen LogP contribution in [0.2, 0.25) is 0 Å². The van der Waals surface area contributed by atoms with Crippen LogP contribution >= 0.6 is 9.24 Å². The van der Waals surface area contributed by atoms with Gasteiger partial charge in [-0.3, -0.25) is 0 Å². The number of fused-ring (bicyclic) bond motifs is 1. The lowest BCUT2D eigenvalue weighted by Crippen LogP contribution is -2.24. The van der Waals surface area contributed by atoms with Crippen molar-refractivity contribution in [2.24, 2.45) is 0 Å². The Morgan fingerprint density at radius 1 is 1.27 bits per heavy atom. The first-order valence-corrected chi connectivity index (χ1v) is 4.52. The molecule has 2 heteroatoms. The second-order valence-electron chi connectivity index (χ2n) is 2.95. The molecule has 1 aromatic carbocycles. The Labute approximate surface area is 69.4 Å². The molecule has 1 heterocycles. The quantitative estimate of drug-likeness (QED) is 0.561. The van der Waals surface area contributed by atoms with Crippen molar-refractivity contribution in [1.29, 1.82) is 0 Å². The minimum atomic E-state index is 1.04. The third-order valence-corrected chi connectivity index (χ3v) is 2.48. The van der Waals surface area contributed by atoms with Crippen LogP contribution in [0.4, 0.5) is 0 Å². The fourth-order valence-electron chi connectivity index (χ4n) is 1.50. The Morgan fingerprint density at radius 2 is 2.18 bits per heavy atom. The summed E-state index contributed by atoms with van der Waals surface area (Å²) in [7, 11) is 2.73. The van der Waals surface area contributed by atoms with E-state index in [1.165, 1.54) is 22.9 Å². The third-order valence-electron chi connectivity index (χ3n) is 2.12. The molecule has 0 fully saturated rings. The van der Waals surface area contributed by atoms with E-state index in [0.717, 1.165) is 13.1 Å². The second-order valence-corrected chi connectivity index (χ2v) is 3.62. The van der Waals surface area contributed by atoms with Gasteiger partial charge < -0.3 is 5.32 Å². The number of benzene rings is 1. The van der Waals surface area contributed by atoms with Gasteiger partial charge in [-0.1, -0.05) is 18.2 Å². The fourth-order valence-corrected chi connectivity index (χ4v) is 1.80. The van der Waals surface area contributed by atoms with Crippen molar-refractivity contribution >= 4 is 14.5 Å². The second kappa shape index (κ2) is 2.92. The molecule has 1 unspecified atom stereocenters. The first kappa shape index (κ1) is 7.27. The zero-order valence-electron chi connectivity index (χ0n) is 6.43. The molecule has 0 spiro atoms. The van der Waals surface area contributed by atoms with Gasteiger partial charge in [-0.25, -0.2) is 0 Å². The molecule has 0 bridgehead atoms. The highest BCUT2D eigenvalue weighted by Gasteiger charge is 2.06. The average molecular weight is 165 g/mol. The molecule has 1 aromatic rings. The fraction of sp³-hybridized carbons (Fsp3) is 0.333. The number of hydrogen-bond acceptors (Lipinski definition) is 1. The summed E-state index contributed by atoms with van der Waals surface area (Å²) in [5, 5.41) is 4.64. The van der Waals surface area contributed by atoms with Crippen molar-refractivity contribution < 1.29 is 0 Å². The number of nitrogens with one attached hydrogen (secondary N) is 1. The van der Waals surface area contributed by atoms with Gasteiger partial charge >= 0.3 is 0 Å². The molecule has 1 aliphatic rings. The molecule has 1 aliphatic heterocycles. The molecule has 0 aliphatic carbocycles. The lowest BCUT2D eigenvalue weighted by Gasteiger charge is -2.16. The third kappa shape index (κ3) is 1.45. The number of hydrogen-bond donors (Lipinski definition) is 1. The van der Waals surface area contributed by atoms with E-state index in [4.69, 9.17) is 0 Å². The highest BCUT2D eigenvalue weighted by molar-refractivity contribution is 7.27. The average Bonchev–Trinajstić information content (AvgIpc) is 2.04. The lowest BCUT2D eigenvalue weighted by atomic mass is 10.0. The molecular weight excluding hydrogens is 153 g/mol. The Kier molecular flexibility index (Phi) is 1.93. The Morgan fingerprint density at radius 3 is 3.09 bits per heavy atom. The van der Waals surface area contributed by atoms with E-state index in [0.29, 0.717) is 0 Å². The molecule has 1 atom stereocenters. The maximum atomic E-state index is 3.36. The molecule has 0 radical (unpaired) electrons. The SMILES string of the molecule is Pc1ccc2c(c1)CNCC2. The topological polar surface area (TPSA) is 12.0 Å². The van der Waals surface area contributed by atoms with Gasteiger partial charge in [0.25, 0.3) is 0 Å². The van der Waals surface area contributed by atoms with E-state index in [1.54, 1.807) is 0 Å². The maximum absolute atomic E-state index is 3.36. The number of rotatable bonds is 0. The summed E-state index contributed by atoms with van der Waals surface area (Å²) in [5.41, 5.74) is 2.97. The molecule has 0 saturated heterocycles. The van der Waals surface area contributed by atoms with Crippen LogP contribution in [0.1, 0.15) is 11.1 Å². The molecule has 0 amide bonds. The molecule has 1 N–H and O–H groups in total. The summed E-state index contributed by atoms with van der Waals surface area (Å²) in [5.74, 6) is 0. The first-order chi connectivity index (χ1) is 5.36. The highest BCUT2D eigenvalue weighted by atomic mass is 31.0. The molecule has 11 heavy (non-hydrogen) atoms. The molecule has 2 rings (SSSR count). The van der Waals surface area contributed by atoms with Crippen LogP contribution < -0.4 is 10.6 Å². The Balaban J connectivity index is 2.43. The van der Waals surface area contributed by atoms with Gasteiger partial charge in [0, 0.05) is 6.54 Å². The van der Waals surface area contributed by atoms with Crippen LogP contribution in [-0.4, -0.2) is 6.54 Å². The van der Waals surface area contributed by atoms with Crippen molar-refractivity contribution in [2.45, 2.75) is 13.0 Å². The first-order valence-electron chi connectivity index (χ1n) is 3.94. The van der Waals surface area contributed by atoms with Crippen LogP contribution in [0, 0.1) is 0 Å². The molecule has 0 aromatic heterocycles. The molecule has 58 valence electrons. The standard InChI is InChI=1S/C9H12NP/c11-9-2-1-7-3-4-10-6-8(7)5-9/h1-2,5,10H,3-4,6,11H2. The monoisotopic (exact) mass is 165 g/mol. The van der Waals surface area contributed by atoms with E-state index in [1.807, 2.05) is 0 Å². The summed E-state index contributed by atoms with van der Waals surface area (Å²) in [6.07, 6.45) is 1.18. The van der Waals surface area contributed by atoms with Crippen molar-refractivity contribution in [1.82, 2.24) is 5.32 Å². The zero-order chi connectivity index (χ0) is 7.68. The van der Waals surface area contributed by atoms with Gasteiger partial charge in [0.15, 0.2) is 0 Å². The molecule has 1 nitrogen and oxygen atoms in total. The minimum Gasteiger partial charge on any atom is -0.312 e. The van der Waals surface area contributed by atoms with Crippen molar-refractivity contribution in [3.63, 3.8) is 0 Å². The van der Waals surface area contributed by atoms with Gasteiger partial charge in [-0.15, -0.1) is 9.24 Å². The van der Waals surface area contributed by atoms with Crippen LogP contribution in [0.15, 0.2) is 18.2 Å². The smallest absolute Gasteiger partial charge is 0.0208 e. The Hall–Kier alpha value is -0.390. The minimum absolute atomic E-state index is 1.04. The van der Waals surface area contributed by atoms with Gasteiger partial charge in [-0.05, 0) is 29.4 Å². The summed E-state index contributed by atoms with van der Waals surface area (Å²) >= 11 is 0. The van der Waals surface area contributed by atoms with E-state index in [9.17, 15) is 0 Å². The zero-order valence-corrected chi connectivity index (χ0v) is 7.59. The van der Waals surface area contributed by atoms with Gasteiger partial charge in [0.1, 0.15) is 0 Å². The highest BCUT2D eigenvalue weighted by Crippen LogP contribution is 2.12. The van der Waals surface area contributed by atoms with E-state index < -0.39 is 0 Å². The van der Waals surface area contributed by atoms with E-state index in [-0.39, 0.29) is 0 Å². The normalized spacial score (nSPS) is 16.1. The molecule has 0 saturated carbocycles. The summed E-state index contributed by atoms with van der Waals surface area (Å²) < 4.78 is 0. The lowest BCUT2D eigenvalue weighted by molar-refractivity contribution is 0.644. The van der Waals surface area contributed by atoms with Crippen LogP contribution in [-0.2, 0) is 13.0 Å². The molecular formula is C9H12NP. The van der Waals surface area contributed by atoms with Crippen LogP contribution in [0.5, 0.6) is 0 Å². The van der Waals surface area contributed by atoms with E-state index >= 15 is 0 Å². The van der Waals surface area contributed by atoms with Gasteiger partial charge in [-0.2, -0.15) is 0 Å². The summed E-state index contributed by atoms with van der Waals surface area (Å²) in [4.78, 5) is 0. The van der Waals surface area contributed by atoms with Crippen molar-refractivity contribution in [3.05, 3.63) is 29.3 Å². The van der Waals surface area contributed by atoms with Crippen LogP contribution in [0.3, 0.4) is 0 Å². The van der Waals surface area contributed by atoms with Gasteiger partial charge in [0.2, 0.25) is 0 Å². The Bertz CT molecular complexity index is 270. The van der Waals surface area contributed by atoms with Crippen molar-refractivity contribution in [2.75, 3.05) is 6.54 Å². The summed E-state index contributed by atoms with van der Waals surface area (Å²) in [6, 6.07) is 6.64. The van der Waals surface area contributed by atoms with Crippen molar-refractivity contribution in [3.8, 4) is 0 Å². The largest absolute Gasteiger partial charge is 0.312 e. The van der Waals surface area contributed by atoms with Crippen LogP contribution in [0.25, 0.3) is 0 Å². The predicted octanol–water partition coefficient (Wildman–Crippen LogP) is 0.833. The summed E-state index contributed by atoms with van der Waals surface area (Å²) in [6.45, 7) is 2.17. The van der Waals surface area contributed by atoms with E-state index in [2.05, 4.69) is 32.8 Å². The van der Waals surface area contributed by atoms with Gasteiger partial charge in [0.05, 0.1) is 0 Å². The predicted molar refractivity (Wildman–Crippen MR) is 51.2 cm³/mol. The maximum Gasteiger partial charge on any atom is 0.0208 e.